The first-order valence-electron chi connectivity index (χ1n) is 9.20. The molecule has 0 amide bonds. The molecule has 130 valence electrons. The van der Waals surface area contributed by atoms with Gasteiger partial charge in [0.1, 0.15) is 0 Å². The van der Waals surface area contributed by atoms with E-state index in [1.165, 1.54) is 70.6 Å². The molecule has 0 rings (SSSR count). The standard InChI is InChI=1S/C19H37NO2.Na/c1-3-4-5-6-7-8-9-10-11-12-13-14-15-16-17-20(2)18-19(21)22;/h8-9H,3-7,10-18H2,1-2H3,(H,21,22);/q;+1/p-1/b9-8-;. The van der Waals surface area contributed by atoms with E-state index in [4.69, 9.17) is 0 Å². The molecule has 0 aromatic rings. The van der Waals surface area contributed by atoms with E-state index in [1.807, 2.05) is 11.9 Å². The Bertz CT molecular complexity index is 283. The molecule has 0 fully saturated rings. The van der Waals surface area contributed by atoms with Crippen molar-refractivity contribution in [3.05, 3.63) is 12.2 Å². The third kappa shape index (κ3) is 22.2. The molecule has 0 spiro atoms. The normalized spacial score (nSPS) is 11.1. The van der Waals surface area contributed by atoms with Crippen molar-refractivity contribution in [2.24, 2.45) is 0 Å². The Morgan fingerprint density at radius 1 is 0.870 bits per heavy atom. The maximum absolute atomic E-state index is 10.4. The fourth-order valence-electron chi connectivity index (χ4n) is 2.58. The number of carbonyl (C=O) groups excluding carboxylic acids is 1. The molecule has 0 unspecified atom stereocenters. The molecule has 0 aliphatic carbocycles. The van der Waals surface area contributed by atoms with E-state index in [9.17, 15) is 9.90 Å². The average Bonchev–Trinajstić information content (AvgIpc) is 2.47. The van der Waals surface area contributed by atoms with E-state index in [-0.39, 0.29) is 36.1 Å². The third-order valence-electron chi connectivity index (χ3n) is 3.95. The number of rotatable bonds is 16. The van der Waals surface area contributed by atoms with E-state index in [1.54, 1.807) is 0 Å². The van der Waals surface area contributed by atoms with Crippen LogP contribution in [0.2, 0.25) is 0 Å². The summed E-state index contributed by atoms with van der Waals surface area (Å²) in [5.41, 5.74) is 0. The molecule has 0 saturated heterocycles. The van der Waals surface area contributed by atoms with E-state index in [0.29, 0.717) is 0 Å². The molecule has 3 nitrogen and oxygen atoms in total. The number of allylic oxidation sites excluding steroid dienone is 2. The second-order valence-corrected chi connectivity index (χ2v) is 6.34. The zero-order valence-electron chi connectivity index (χ0n) is 15.8. The second-order valence-electron chi connectivity index (χ2n) is 6.34. The molecular weight excluding hydrogens is 297 g/mol. The van der Waals surface area contributed by atoms with Crippen molar-refractivity contribution in [1.29, 1.82) is 0 Å². The van der Waals surface area contributed by atoms with Crippen LogP contribution in [0.25, 0.3) is 0 Å². The van der Waals surface area contributed by atoms with Crippen LogP contribution >= 0.6 is 0 Å². The van der Waals surface area contributed by atoms with Crippen LogP contribution in [0.5, 0.6) is 0 Å². The van der Waals surface area contributed by atoms with Gasteiger partial charge in [-0.15, -0.1) is 0 Å². The smallest absolute Gasteiger partial charge is 0.549 e. The van der Waals surface area contributed by atoms with Crippen molar-refractivity contribution in [3.8, 4) is 0 Å². The fraction of sp³-hybridized carbons (Fsp3) is 0.842. The summed E-state index contributed by atoms with van der Waals surface area (Å²) in [6.45, 7) is 3.15. The molecule has 0 radical (unpaired) electrons. The predicted octanol–water partition coefficient (Wildman–Crippen LogP) is 0.929. The van der Waals surface area contributed by atoms with Crippen molar-refractivity contribution in [1.82, 2.24) is 4.90 Å². The van der Waals surface area contributed by atoms with Crippen LogP contribution in [-0.4, -0.2) is 31.0 Å². The fourth-order valence-corrected chi connectivity index (χ4v) is 2.58. The largest absolute Gasteiger partial charge is 1.00 e. The van der Waals surface area contributed by atoms with Crippen LogP contribution in [0.3, 0.4) is 0 Å². The van der Waals surface area contributed by atoms with Gasteiger partial charge in [-0.25, -0.2) is 0 Å². The predicted molar refractivity (Wildman–Crippen MR) is 92.7 cm³/mol. The van der Waals surface area contributed by atoms with Gasteiger partial charge in [-0.2, -0.15) is 0 Å². The average molecular weight is 333 g/mol. The van der Waals surface area contributed by atoms with Crippen LogP contribution in [0.4, 0.5) is 0 Å². The number of carbonyl (C=O) groups is 1. The molecule has 0 saturated carbocycles. The Kier molecular flexibility index (Phi) is 22.3. The molecule has 0 aliphatic heterocycles. The first-order valence-corrected chi connectivity index (χ1v) is 9.20. The minimum absolute atomic E-state index is 0. The number of nitrogens with zero attached hydrogens (tertiary/aromatic N) is 1. The molecule has 0 aromatic carbocycles. The molecule has 0 atom stereocenters. The number of hydrogen-bond donors (Lipinski definition) is 0. The number of carboxylic acid groups (broad SMARTS) is 1. The van der Waals surface area contributed by atoms with Gasteiger partial charge in [-0.1, -0.05) is 64.0 Å². The summed E-state index contributed by atoms with van der Waals surface area (Å²) in [4.78, 5) is 12.2. The zero-order valence-corrected chi connectivity index (χ0v) is 17.8. The monoisotopic (exact) mass is 333 g/mol. The molecule has 4 heteroatoms. The number of hydrogen-bond acceptors (Lipinski definition) is 3. The minimum atomic E-state index is -0.985. The van der Waals surface area contributed by atoms with Crippen LogP contribution < -0.4 is 34.7 Å². The van der Waals surface area contributed by atoms with Crippen molar-refractivity contribution in [2.75, 3.05) is 20.1 Å². The summed E-state index contributed by atoms with van der Waals surface area (Å²) in [5, 5.41) is 10.4. The molecule has 0 heterocycles. The van der Waals surface area contributed by atoms with Gasteiger partial charge in [0, 0.05) is 6.54 Å². The number of likely N-dealkylation sites (N-methyl/N-ethyl adjacent to an activating group) is 1. The Labute approximate surface area is 166 Å². The van der Waals surface area contributed by atoms with Crippen LogP contribution in [-0.2, 0) is 4.79 Å². The molecular formula is C19H36NNaO2. The van der Waals surface area contributed by atoms with Gasteiger partial charge in [-0.3, -0.25) is 0 Å². The quantitative estimate of drug-likeness (QED) is 0.240. The van der Waals surface area contributed by atoms with Crippen molar-refractivity contribution in [2.45, 2.75) is 84.0 Å². The van der Waals surface area contributed by atoms with Crippen LogP contribution in [0, 0.1) is 0 Å². The zero-order chi connectivity index (χ0) is 16.5. The number of unbranched alkanes of at least 4 members (excludes halogenated alkanes) is 10. The van der Waals surface area contributed by atoms with Gasteiger partial charge < -0.3 is 14.8 Å². The van der Waals surface area contributed by atoms with E-state index in [0.717, 1.165) is 13.0 Å². The number of carboxylic acids is 1. The summed E-state index contributed by atoms with van der Waals surface area (Å²) in [6, 6.07) is 0. The Balaban J connectivity index is 0. The Morgan fingerprint density at radius 3 is 1.87 bits per heavy atom. The molecule has 23 heavy (non-hydrogen) atoms. The van der Waals surface area contributed by atoms with Crippen molar-refractivity contribution in [3.63, 3.8) is 0 Å². The maximum atomic E-state index is 10.4. The SMILES string of the molecule is CCCCCC/C=C\CCCCCCCCN(C)CC(=O)[O-].[Na+]. The van der Waals surface area contributed by atoms with Crippen LogP contribution in [0.1, 0.15) is 84.0 Å². The molecule has 0 aromatic heterocycles. The Morgan fingerprint density at radius 2 is 1.35 bits per heavy atom. The second kappa shape index (κ2) is 20.2. The first-order chi connectivity index (χ1) is 10.7. The molecule has 0 N–H and O–H groups in total. The first kappa shape index (κ1) is 25.4. The van der Waals surface area contributed by atoms with Gasteiger partial charge in [0.05, 0.1) is 5.97 Å². The van der Waals surface area contributed by atoms with Gasteiger partial charge in [0.2, 0.25) is 0 Å². The third-order valence-corrected chi connectivity index (χ3v) is 3.95. The van der Waals surface area contributed by atoms with Gasteiger partial charge in [0.25, 0.3) is 0 Å². The van der Waals surface area contributed by atoms with E-state index in [2.05, 4.69) is 19.1 Å². The van der Waals surface area contributed by atoms with Gasteiger partial charge >= 0.3 is 29.6 Å². The van der Waals surface area contributed by atoms with Crippen molar-refractivity contribution >= 4 is 5.97 Å². The summed E-state index contributed by atoms with van der Waals surface area (Å²) in [5.74, 6) is -0.985. The molecule has 0 bridgehead atoms. The number of aliphatic carboxylic acids is 1. The Hall–Kier alpha value is 0.170. The topological polar surface area (TPSA) is 43.4 Å². The maximum Gasteiger partial charge on any atom is 1.00 e. The summed E-state index contributed by atoms with van der Waals surface area (Å²) in [6.07, 6.45) is 20.0. The van der Waals surface area contributed by atoms with Gasteiger partial charge in [-0.05, 0) is 45.7 Å². The summed E-state index contributed by atoms with van der Waals surface area (Å²) in [7, 11) is 1.84. The van der Waals surface area contributed by atoms with Crippen LogP contribution in [0.15, 0.2) is 12.2 Å². The summed E-state index contributed by atoms with van der Waals surface area (Å²) < 4.78 is 0. The van der Waals surface area contributed by atoms with Gasteiger partial charge in [0.15, 0.2) is 0 Å². The minimum Gasteiger partial charge on any atom is -0.549 e. The van der Waals surface area contributed by atoms with E-state index < -0.39 is 5.97 Å². The molecule has 0 aliphatic rings. The van der Waals surface area contributed by atoms with E-state index >= 15 is 0 Å². The summed E-state index contributed by atoms with van der Waals surface area (Å²) >= 11 is 0. The van der Waals surface area contributed by atoms with Crippen molar-refractivity contribution < 1.29 is 39.5 Å².